The maximum absolute atomic E-state index is 13.5. The largest absolute Gasteiger partial charge is 0.235 e. The lowest BCUT2D eigenvalue weighted by Crippen LogP contribution is -2.15. The second-order valence-electron chi connectivity index (χ2n) is 3.36. The van der Waals surface area contributed by atoms with E-state index in [9.17, 15) is 9.18 Å². The second-order valence-corrected chi connectivity index (χ2v) is 3.77. The van der Waals surface area contributed by atoms with Crippen LogP contribution in [-0.2, 0) is 10.3 Å². The predicted molar refractivity (Wildman–Crippen MR) is 52.6 cm³/mol. The number of rotatable bonds is 2. The average Bonchev–Trinajstić information content (AvgIpc) is 2.09. The summed E-state index contributed by atoms with van der Waals surface area (Å²) in [4.78, 5) is 13.7. The fourth-order valence-corrected chi connectivity index (χ4v) is 1.33. The molecule has 0 unspecified atom stereocenters. The van der Waals surface area contributed by atoms with E-state index in [4.69, 9.17) is 11.6 Å². The first-order valence-electron chi connectivity index (χ1n) is 4.02. The molecule has 0 radical (unpaired) electrons. The van der Waals surface area contributed by atoms with Crippen molar-refractivity contribution in [3.8, 4) is 0 Å². The van der Waals surface area contributed by atoms with Gasteiger partial charge < -0.3 is 0 Å². The number of benzene rings is 1. The summed E-state index contributed by atoms with van der Waals surface area (Å²) in [6, 6.07) is 4.60. The summed E-state index contributed by atoms with van der Waals surface area (Å²) in [5, 5.41) is 0.0247. The Morgan fingerprint density at radius 3 is 2.71 bits per heavy atom. The standard InChI is InChI=1S/C10H9ClFNO/c1-10(2,13-6-14)7-4-3-5-8(11)9(7)12/h3-5H,1-2H3. The molecule has 1 rings (SSSR count). The summed E-state index contributed by atoms with van der Waals surface area (Å²) in [5.41, 5.74) is -0.648. The number of halogens is 2. The van der Waals surface area contributed by atoms with Crippen LogP contribution in [0.3, 0.4) is 0 Å². The topological polar surface area (TPSA) is 29.4 Å². The van der Waals surface area contributed by atoms with Crippen LogP contribution in [0.1, 0.15) is 19.4 Å². The molecule has 14 heavy (non-hydrogen) atoms. The molecule has 0 aromatic heterocycles. The summed E-state index contributed by atoms with van der Waals surface area (Å²) < 4.78 is 13.5. The lowest BCUT2D eigenvalue weighted by Gasteiger charge is -2.18. The van der Waals surface area contributed by atoms with Gasteiger partial charge in [-0.05, 0) is 19.9 Å². The van der Waals surface area contributed by atoms with Gasteiger partial charge in [-0.3, -0.25) is 0 Å². The van der Waals surface area contributed by atoms with Crippen LogP contribution in [-0.4, -0.2) is 6.08 Å². The van der Waals surface area contributed by atoms with E-state index >= 15 is 0 Å². The molecule has 0 bridgehead atoms. The van der Waals surface area contributed by atoms with E-state index in [-0.39, 0.29) is 10.6 Å². The first kappa shape index (κ1) is 10.9. The number of hydrogen-bond acceptors (Lipinski definition) is 2. The van der Waals surface area contributed by atoms with Gasteiger partial charge in [0.25, 0.3) is 0 Å². The summed E-state index contributed by atoms with van der Waals surface area (Å²) in [6.07, 6.45) is 1.42. The first-order chi connectivity index (χ1) is 6.49. The highest BCUT2D eigenvalue weighted by Gasteiger charge is 2.24. The highest BCUT2D eigenvalue weighted by Crippen LogP contribution is 2.29. The Bertz CT molecular complexity index is 397. The monoisotopic (exact) mass is 213 g/mol. The quantitative estimate of drug-likeness (QED) is 0.549. The van der Waals surface area contributed by atoms with Gasteiger partial charge in [0.05, 0.1) is 10.6 Å². The lowest BCUT2D eigenvalue weighted by molar-refractivity contribution is 0.492. The number of carbonyl (C=O) groups excluding carboxylic acids is 1. The van der Waals surface area contributed by atoms with E-state index in [0.29, 0.717) is 0 Å². The first-order valence-corrected chi connectivity index (χ1v) is 4.40. The molecule has 74 valence electrons. The third kappa shape index (κ3) is 2.00. The molecule has 0 spiro atoms. The second kappa shape index (κ2) is 3.91. The maximum Gasteiger partial charge on any atom is 0.235 e. The number of aliphatic imine (C=N–C) groups is 1. The van der Waals surface area contributed by atoms with Crippen molar-refractivity contribution in [2.24, 2.45) is 4.99 Å². The highest BCUT2D eigenvalue weighted by atomic mass is 35.5. The van der Waals surface area contributed by atoms with Crippen LogP contribution in [0.25, 0.3) is 0 Å². The fourth-order valence-electron chi connectivity index (χ4n) is 1.15. The molecule has 0 saturated carbocycles. The van der Waals surface area contributed by atoms with Gasteiger partial charge >= 0.3 is 0 Å². The fraction of sp³-hybridized carbons (Fsp3) is 0.300. The molecule has 0 saturated heterocycles. The Morgan fingerprint density at radius 2 is 2.14 bits per heavy atom. The molecule has 1 aromatic rings. The molecule has 2 nitrogen and oxygen atoms in total. The minimum atomic E-state index is -0.934. The van der Waals surface area contributed by atoms with Gasteiger partial charge in [-0.25, -0.2) is 9.18 Å². The van der Waals surface area contributed by atoms with Crippen LogP contribution >= 0.6 is 11.6 Å². The number of isocyanates is 1. The Balaban J connectivity index is 3.32. The van der Waals surface area contributed by atoms with Gasteiger partial charge in [0.1, 0.15) is 5.82 Å². The maximum atomic E-state index is 13.5. The third-order valence-electron chi connectivity index (χ3n) is 1.94. The molecular weight excluding hydrogens is 205 g/mol. The Morgan fingerprint density at radius 1 is 1.50 bits per heavy atom. The molecule has 0 aliphatic carbocycles. The van der Waals surface area contributed by atoms with Crippen molar-refractivity contribution in [3.05, 3.63) is 34.6 Å². The molecular formula is C10H9ClFNO. The van der Waals surface area contributed by atoms with Crippen molar-refractivity contribution >= 4 is 17.7 Å². The lowest BCUT2D eigenvalue weighted by atomic mass is 9.95. The minimum absolute atomic E-state index is 0.0247. The molecule has 0 atom stereocenters. The van der Waals surface area contributed by atoms with Gasteiger partial charge in [-0.2, -0.15) is 4.99 Å². The van der Waals surface area contributed by atoms with Crippen LogP contribution in [0.15, 0.2) is 23.2 Å². The van der Waals surface area contributed by atoms with E-state index in [1.807, 2.05) is 0 Å². The van der Waals surface area contributed by atoms with Crippen molar-refractivity contribution in [1.82, 2.24) is 0 Å². The molecule has 1 aromatic carbocycles. The number of hydrogen-bond donors (Lipinski definition) is 0. The summed E-state index contributed by atoms with van der Waals surface area (Å²) in [6.45, 7) is 3.24. The predicted octanol–water partition coefficient (Wildman–Crippen LogP) is 3.05. The number of nitrogens with zero attached hydrogens (tertiary/aromatic N) is 1. The molecule has 0 N–H and O–H groups in total. The van der Waals surface area contributed by atoms with Crippen LogP contribution in [0.5, 0.6) is 0 Å². The Labute approximate surface area is 86.4 Å². The van der Waals surface area contributed by atoms with Crippen molar-refractivity contribution in [3.63, 3.8) is 0 Å². The van der Waals surface area contributed by atoms with Crippen LogP contribution < -0.4 is 0 Å². The van der Waals surface area contributed by atoms with Gasteiger partial charge in [-0.1, -0.05) is 23.7 Å². The normalized spacial score (nSPS) is 10.9. The van der Waals surface area contributed by atoms with Crippen molar-refractivity contribution in [2.45, 2.75) is 19.4 Å². The molecule has 4 heteroatoms. The summed E-state index contributed by atoms with van der Waals surface area (Å²) in [5.74, 6) is -0.543. The van der Waals surface area contributed by atoms with E-state index < -0.39 is 11.4 Å². The Hall–Kier alpha value is -1.18. The highest BCUT2D eigenvalue weighted by molar-refractivity contribution is 6.30. The molecule has 0 heterocycles. The van der Waals surface area contributed by atoms with Crippen LogP contribution in [0, 0.1) is 5.82 Å². The van der Waals surface area contributed by atoms with Crippen LogP contribution in [0.2, 0.25) is 5.02 Å². The zero-order valence-electron chi connectivity index (χ0n) is 7.84. The van der Waals surface area contributed by atoms with E-state index in [1.54, 1.807) is 26.0 Å². The molecule has 0 amide bonds. The van der Waals surface area contributed by atoms with Crippen molar-refractivity contribution < 1.29 is 9.18 Å². The van der Waals surface area contributed by atoms with Gasteiger partial charge in [0.15, 0.2) is 0 Å². The average molecular weight is 214 g/mol. The third-order valence-corrected chi connectivity index (χ3v) is 2.23. The minimum Gasteiger partial charge on any atom is -0.211 e. The molecule has 0 fully saturated rings. The zero-order chi connectivity index (χ0) is 10.8. The summed E-state index contributed by atoms with van der Waals surface area (Å²) in [7, 11) is 0. The van der Waals surface area contributed by atoms with Gasteiger partial charge in [-0.15, -0.1) is 0 Å². The Kier molecular flexibility index (Phi) is 3.04. The van der Waals surface area contributed by atoms with E-state index in [0.717, 1.165) is 0 Å². The summed E-state index contributed by atoms with van der Waals surface area (Å²) >= 11 is 5.60. The van der Waals surface area contributed by atoms with E-state index in [2.05, 4.69) is 4.99 Å². The SMILES string of the molecule is CC(C)(N=C=O)c1cccc(Cl)c1F. The molecule has 0 aliphatic rings. The van der Waals surface area contributed by atoms with Gasteiger partial charge in [0.2, 0.25) is 6.08 Å². The zero-order valence-corrected chi connectivity index (χ0v) is 8.60. The van der Waals surface area contributed by atoms with Crippen molar-refractivity contribution in [2.75, 3.05) is 0 Å². The van der Waals surface area contributed by atoms with Gasteiger partial charge in [0, 0.05) is 5.56 Å². The molecule has 0 aliphatic heterocycles. The smallest absolute Gasteiger partial charge is 0.211 e. The van der Waals surface area contributed by atoms with Crippen LogP contribution in [0.4, 0.5) is 4.39 Å². The van der Waals surface area contributed by atoms with Crippen molar-refractivity contribution in [1.29, 1.82) is 0 Å². The van der Waals surface area contributed by atoms with E-state index in [1.165, 1.54) is 12.1 Å².